The molecule has 0 aliphatic rings. The molecule has 0 amide bonds. The normalized spacial score (nSPS) is 13.7. The van der Waals surface area contributed by atoms with Crippen molar-refractivity contribution in [2.24, 2.45) is 0 Å². The van der Waals surface area contributed by atoms with Crippen molar-refractivity contribution in [1.82, 2.24) is 4.31 Å². The molecule has 1 aromatic carbocycles. The van der Waals surface area contributed by atoms with Gasteiger partial charge in [0.1, 0.15) is 5.82 Å². The summed E-state index contributed by atoms with van der Waals surface area (Å²) < 4.78 is 42.9. The van der Waals surface area contributed by atoms with E-state index >= 15 is 0 Å². The van der Waals surface area contributed by atoms with E-state index in [1.165, 1.54) is 14.2 Å². The molecular weight excluding hydrogens is 275 g/mol. The van der Waals surface area contributed by atoms with Crippen LogP contribution in [0.25, 0.3) is 0 Å². The highest BCUT2D eigenvalue weighted by Gasteiger charge is 2.23. The van der Waals surface area contributed by atoms with E-state index in [2.05, 4.69) is 0 Å². The number of halogens is 1. The second kappa shape index (κ2) is 6.29. The zero-order valence-corrected chi connectivity index (χ0v) is 11.5. The zero-order valence-electron chi connectivity index (χ0n) is 10.7. The van der Waals surface area contributed by atoms with Gasteiger partial charge in [-0.05, 0) is 18.2 Å². The Balaban J connectivity index is 2.93. The number of anilines is 1. The van der Waals surface area contributed by atoms with E-state index in [1.807, 2.05) is 0 Å². The molecule has 1 unspecified atom stereocenters. The third-order valence-electron chi connectivity index (χ3n) is 2.50. The number of sulfonamides is 1. The first-order chi connectivity index (χ1) is 8.78. The van der Waals surface area contributed by atoms with Crippen LogP contribution in [0.15, 0.2) is 23.1 Å². The molecule has 1 atom stereocenters. The van der Waals surface area contributed by atoms with Crippen LogP contribution in [0.3, 0.4) is 0 Å². The molecule has 1 aromatic rings. The molecule has 0 aromatic heterocycles. The van der Waals surface area contributed by atoms with Gasteiger partial charge in [0.15, 0.2) is 0 Å². The van der Waals surface area contributed by atoms with E-state index in [0.717, 1.165) is 22.5 Å². The number of methoxy groups -OCH3 is 1. The molecule has 3 N–H and O–H groups in total. The van der Waals surface area contributed by atoms with Crippen molar-refractivity contribution in [3.8, 4) is 0 Å². The lowest BCUT2D eigenvalue weighted by atomic mass is 10.3. The maximum Gasteiger partial charge on any atom is 0.242 e. The Hall–Kier alpha value is -1.22. The number of likely N-dealkylation sites (N-methyl/N-ethyl adjacent to an activating group) is 1. The molecule has 0 aliphatic carbocycles. The molecule has 8 heteroatoms. The lowest BCUT2D eigenvalue weighted by Crippen LogP contribution is -2.36. The standard InChI is InChI=1S/C11H17FN2O4S/c1-14(6-8(15)7-18-2)19(16,17)9-3-4-10(12)11(13)5-9/h3-5,8,15H,6-7,13H2,1-2H3. The van der Waals surface area contributed by atoms with E-state index in [-0.39, 0.29) is 23.7 Å². The fraction of sp³-hybridized carbons (Fsp3) is 0.455. The molecule has 19 heavy (non-hydrogen) atoms. The average molecular weight is 292 g/mol. The minimum absolute atomic E-state index is 0.0193. The van der Waals surface area contributed by atoms with Gasteiger partial charge in [-0.1, -0.05) is 0 Å². The molecule has 0 saturated carbocycles. The Labute approximate surface area is 111 Å². The van der Waals surface area contributed by atoms with Crippen LogP contribution in [0.5, 0.6) is 0 Å². The van der Waals surface area contributed by atoms with Crippen molar-refractivity contribution in [2.75, 3.05) is 33.0 Å². The zero-order chi connectivity index (χ0) is 14.6. The van der Waals surface area contributed by atoms with Crippen LogP contribution in [-0.2, 0) is 14.8 Å². The first kappa shape index (κ1) is 15.8. The third-order valence-corrected chi connectivity index (χ3v) is 4.32. The second-order valence-electron chi connectivity index (χ2n) is 4.08. The minimum Gasteiger partial charge on any atom is -0.396 e. The lowest BCUT2D eigenvalue weighted by molar-refractivity contribution is 0.0554. The largest absolute Gasteiger partial charge is 0.396 e. The van der Waals surface area contributed by atoms with E-state index in [0.29, 0.717) is 0 Å². The molecule has 1 rings (SSSR count). The van der Waals surface area contributed by atoms with E-state index in [9.17, 15) is 17.9 Å². The number of nitrogens with zero attached hydrogens (tertiary/aromatic N) is 1. The van der Waals surface area contributed by atoms with Gasteiger partial charge in [-0.25, -0.2) is 12.8 Å². The summed E-state index contributed by atoms with van der Waals surface area (Å²) in [5.74, 6) is -0.680. The quantitative estimate of drug-likeness (QED) is 0.722. The summed E-state index contributed by atoms with van der Waals surface area (Å²) in [5, 5.41) is 9.51. The van der Waals surface area contributed by atoms with E-state index < -0.39 is 21.9 Å². The fourth-order valence-corrected chi connectivity index (χ4v) is 2.75. The van der Waals surface area contributed by atoms with Gasteiger partial charge in [0.25, 0.3) is 0 Å². The van der Waals surface area contributed by atoms with Crippen molar-refractivity contribution < 1.29 is 22.7 Å². The maximum atomic E-state index is 13.0. The Morgan fingerprint density at radius 2 is 2.16 bits per heavy atom. The summed E-state index contributed by atoms with van der Waals surface area (Å²) in [4.78, 5) is -0.126. The van der Waals surface area contributed by atoms with Gasteiger partial charge in [-0.2, -0.15) is 4.31 Å². The van der Waals surface area contributed by atoms with Crippen molar-refractivity contribution in [3.05, 3.63) is 24.0 Å². The van der Waals surface area contributed by atoms with Gasteiger partial charge in [0.2, 0.25) is 10.0 Å². The summed E-state index contributed by atoms with van der Waals surface area (Å²) in [6.07, 6.45) is -0.942. The summed E-state index contributed by atoms with van der Waals surface area (Å²) in [6.45, 7) is -0.112. The highest BCUT2D eigenvalue weighted by molar-refractivity contribution is 7.89. The van der Waals surface area contributed by atoms with Crippen LogP contribution in [0.4, 0.5) is 10.1 Å². The van der Waals surface area contributed by atoms with Gasteiger partial charge < -0.3 is 15.6 Å². The first-order valence-corrected chi connectivity index (χ1v) is 6.91. The van der Waals surface area contributed by atoms with Gasteiger partial charge in [0, 0.05) is 20.7 Å². The number of nitrogen functional groups attached to an aromatic ring is 1. The van der Waals surface area contributed by atoms with Crippen LogP contribution in [0, 0.1) is 5.82 Å². The predicted octanol–water partition coefficient (Wildman–Crippen LogP) is 0.0357. The van der Waals surface area contributed by atoms with Gasteiger partial charge >= 0.3 is 0 Å². The van der Waals surface area contributed by atoms with E-state index in [1.54, 1.807) is 0 Å². The van der Waals surface area contributed by atoms with Crippen molar-refractivity contribution in [2.45, 2.75) is 11.0 Å². The Morgan fingerprint density at radius 3 is 2.68 bits per heavy atom. The van der Waals surface area contributed by atoms with Crippen LogP contribution in [0.1, 0.15) is 0 Å². The molecule has 0 aliphatic heterocycles. The van der Waals surface area contributed by atoms with Gasteiger partial charge in [-0.15, -0.1) is 0 Å². The molecule has 0 radical (unpaired) electrons. The maximum absolute atomic E-state index is 13.0. The summed E-state index contributed by atoms with van der Waals surface area (Å²) in [6, 6.07) is 3.16. The summed E-state index contributed by atoms with van der Waals surface area (Å²) in [5.41, 5.74) is 5.10. The molecule has 0 spiro atoms. The molecule has 6 nitrogen and oxygen atoms in total. The van der Waals surface area contributed by atoms with Crippen molar-refractivity contribution in [1.29, 1.82) is 0 Å². The predicted molar refractivity (Wildman–Crippen MR) is 68.5 cm³/mol. The molecule has 108 valence electrons. The minimum atomic E-state index is -3.82. The molecule has 0 fully saturated rings. The Kier molecular flexibility index (Phi) is 5.24. The Morgan fingerprint density at radius 1 is 1.53 bits per heavy atom. The SMILES string of the molecule is COCC(O)CN(C)S(=O)(=O)c1ccc(F)c(N)c1. The number of hydrogen-bond donors (Lipinski definition) is 2. The average Bonchev–Trinajstić information content (AvgIpc) is 2.32. The van der Waals surface area contributed by atoms with Gasteiger partial charge in [-0.3, -0.25) is 0 Å². The molecule has 0 bridgehead atoms. The number of aliphatic hydroxyl groups excluding tert-OH is 1. The Bertz CT molecular complexity index is 535. The first-order valence-electron chi connectivity index (χ1n) is 5.47. The van der Waals surface area contributed by atoms with Crippen LogP contribution in [0.2, 0.25) is 0 Å². The number of ether oxygens (including phenoxy) is 1. The van der Waals surface area contributed by atoms with Gasteiger partial charge in [0.05, 0.1) is 23.3 Å². The lowest BCUT2D eigenvalue weighted by Gasteiger charge is -2.20. The number of aliphatic hydroxyl groups is 1. The van der Waals surface area contributed by atoms with Crippen molar-refractivity contribution in [3.63, 3.8) is 0 Å². The third kappa shape index (κ3) is 3.87. The number of benzene rings is 1. The molecular formula is C11H17FN2O4S. The molecule has 0 saturated heterocycles. The second-order valence-corrected chi connectivity index (χ2v) is 6.12. The summed E-state index contributed by atoms with van der Waals surface area (Å²) in [7, 11) is -1.11. The number of nitrogens with two attached hydrogens (primary N) is 1. The highest BCUT2D eigenvalue weighted by atomic mass is 32.2. The number of hydrogen-bond acceptors (Lipinski definition) is 5. The smallest absolute Gasteiger partial charge is 0.242 e. The topological polar surface area (TPSA) is 92.9 Å². The van der Waals surface area contributed by atoms with E-state index in [4.69, 9.17) is 10.5 Å². The van der Waals surface area contributed by atoms with Crippen LogP contribution >= 0.6 is 0 Å². The summed E-state index contributed by atoms with van der Waals surface area (Å²) >= 11 is 0. The fourth-order valence-electron chi connectivity index (χ4n) is 1.50. The highest BCUT2D eigenvalue weighted by Crippen LogP contribution is 2.19. The monoisotopic (exact) mass is 292 g/mol. The number of rotatable bonds is 6. The van der Waals surface area contributed by atoms with Crippen LogP contribution < -0.4 is 5.73 Å². The van der Waals surface area contributed by atoms with Crippen molar-refractivity contribution >= 4 is 15.7 Å². The molecule has 0 heterocycles. The van der Waals surface area contributed by atoms with Crippen LogP contribution in [-0.4, -0.2) is 51.2 Å².